The molecule has 0 N–H and O–H groups in total. The molecule has 0 radical (unpaired) electrons. The van der Waals surface area contributed by atoms with Crippen LogP contribution in [0.25, 0.3) is 0 Å². The molecule has 0 unspecified atom stereocenters. The standard InChI is InChI=1S/C14H21NO5/c1-2-11-5-3-4-6-15(11)13(16)10-20-14(17)12-9-18-7-8-19-12/h9,11H,2-8,10H2,1H3/t11-/m0/s1. The van der Waals surface area contributed by atoms with E-state index < -0.39 is 5.97 Å². The van der Waals surface area contributed by atoms with Crippen LogP contribution < -0.4 is 0 Å². The Balaban J connectivity index is 1.81. The molecule has 1 atom stereocenters. The second-order valence-electron chi connectivity index (χ2n) is 4.92. The van der Waals surface area contributed by atoms with Crippen LogP contribution in [0.2, 0.25) is 0 Å². The highest BCUT2D eigenvalue weighted by molar-refractivity contribution is 5.88. The molecule has 112 valence electrons. The van der Waals surface area contributed by atoms with E-state index in [1.54, 1.807) is 0 Å². The zero-order valence-corrected chi connectivity index (χ0v) is 11.8. The number of hydrogen-bond acceptors (Lipinski definition) is 5. The second kappa shape index (κ2) is 7.17. The molecule has 0 aromatic heterocycles. The molecule has 6 nitrogen and oxygen atoms in total. The van der Waals surface area contributed by atoms with Gasteiger partial charge in [-0.25, -0.2) is 4.79 Å². The van der Waals surface area contributed by atoms with Crippen LogP contribution in [0.1, 0.15) is 32.6 Å². The van der Waals surface area contributed by atoms with Crippen LogP contribution in [0.5, 0.6) is 0 Å². The maximum atomic E-state index is 12.1. The number of rotatable bonds is 4. The molecule has 20 heavy (non-hydrogen) atoms. The zero-order chi connectivity index (χ0) is 14.4. The lowest BCUT2D eigenvalue weighted by molar-refractivity contribution is -0.154. The Bertz CT molecular complexity index is 393. The van der Waals surface area contributed by atoms with Crippen LogP contribution in [0.15, 0.2) is 12.0 Å². The average molecular weight is 283 g/mol. The van der Waals surface area contributed by atoms with E-state index in [0.29, 0.717) is 13.2 Å². The van der Waals surface area contributed by atoms with Gasteiger partial charge in [-0.3, -0.25) is 4.79 Å². The van der Waals surface area contributed by atoms with Gasteiger partial charge in [0.15, 0.2) is 6.61 Å². The minimum atomic E-state index is -0.650. The van der Waals surface area contributed by atoms with Gasteiger partial charge in [-0.15, -0.1) is 0 Å². The third-order valence-electron chi connectivity index (χ3n) is 3.60. The Labute approximate surface area is 118 Å². The number of nitrogens with zero attached hydrogens (tertiary/aromatic N) is 1. The topological polar surface area (TPSA) is 65.1 Å². The smallest absolute Gasteiger partial charge is 0.377 e. The lowest BCUT2D eigenvalue weighted by atomic mass is 10.00. The predicted molar refractivity (Wildman–Crippen MR) is 70.6 cm³/mol. The molecule has 0 spiro atoms. The SMILES string of the molecule is CC[C@H]1CCCCN1C(=O)COC(=O)C1=COCCO1. The molecule has 0 saturated carbocycles. The minimum Gasteiger partial charge on any atom is -0.493 e. The summed E-state index contributed by atoms with van der Waals surface area (Å²) in [6.45, 7) is 3.31. The van der Waals surface area contributed by atoms with Gasteiger partial charge < -0.3 is 19.1 Å². The van der Waals surface area contributed by atoms with Crippen LogP contribution >= 0.6 is 0 Å². The summed E-state index contributed by atoms with van der Waals surface area (Å²) in [5.74, 6) is -0.764. The first-order valence-corrected chi connectivity index (χ1v) is 7.13. The van der Waals surface area contributed by atoms with Crippen molar-refractivity contribution in [2.75, 3.05) is 26.4 Å². The first-order chi connectivity index (χ1) is 9.72. The maximum Gasteiger partial charge on any atom is 0.377 e. The van der Waals surface area contributed by atoms with Crippen molar-refractivity contribution in [3.63, 3.8) is 0 Å². The highest BCUT2D eigenvalue weighted by atomic mass is 16.6. The van der Waals surface area contributed by atoms with E-state index in [-0.39, 0.29) is 24.3 Å². The van der Waals surface area contributed by atoms with Crippen molar-refractivity contribution < 1.29 is 23.8 Å². The fraction of sp³-hybridized carbons (Fsp3) is 0.714. The summed E-state index contributed by atoms with van der Waals surface area (Å²) in [5.41, 5.74) is 0. The number of carbonyl (C=O) groups is 2. The summed E-state index contributed by atoms with van der Waals surface area (Å²) in [6.07, 6.45) is 5.35. The molecule has 2 rings (SSSR count). The average Bonchev–Trinajstić information content (AvgIpc) is 2.53. The van der Waals surface area contributed by atoms with Crippen molar-refractivity contribution in [3.05, 3.63) is 12.0 Å². The first kappa shape index (κ1) is 14.7. The highest BCUT2D eigenvalue weighted by Gasteiger charge is 2.26. The van der Waals surface area contributed by atoms with Gasteiger partial charge in [0.1, 0.15) is 19.5 Å². The van der Waals surface area contributed by atoms with Crippen molar-refractivity contribution in [2.24, 2.45) is 0 Å². The molecule has 2 heterocycles. The Hall–Kier alpha value is -1.72. The van der Waals surface area contributed by atoms with Gasteiger partial charge in [-0.1, -0.05) is 6.92 Å². The predicted octanol–water partition coefficient (Wildman–Crippen LogP) is 1.21. The third kappa shape index (κ3) is 3.65. The van der Waals surface area contributed by atoms with E-state index in [1.807, 2.05) is 4.90 Å². The van der Waals surface area contributed by atoms with Crippen LogP contribution in [-0.4, -0.2) is 49.2 Å². The number of hydrogen-bond donors (Lipinski definition) is 0. The summed E-state index contributed by atoms with van der Waals surface area (Å²) in [4.78, 5) is 25.6. The van der Waals surface area contributed by atoms with Crippen LogP contribution in [0.3, 0.4) is 0 Å². The summed E-state index contributed by atoms with van der Waals surface area (Å²) in [5, 5.41) is 0. The van der Waals surface area contributed by atoms with Gasteiger partial charge in [-0.2, -0.15) is 0 Å². The molecule has 2 aliphatic heterocycles. The highest BCUT2D eigenvalue weighted by Crippen LogP contribution is 2.19. The molecule has 0 aromatic carbocycles. The molecule has 0 aromatic rings. The second-order valence-corrected chi connectivity index (χ2v) is 4.92. The van der Waals surface area contributed by atoms with Crippen molar-refractivity contribution in [3.8, 4) is 0 Å². The van der Waals surface area contributed by atoms with Crippen LogP contribution in [0, 0.1) is 0 Å². The number of piperidine rings is 1. The molecule has 0 bridgehead atoms. The fourth-order valence-electron chi connectivity index (χ4n) is 2.51. The number of esters is 1. The maximum absolute atomic E-state index is 12.1. The molecule has 1 saturated heterocycles. The summed E-state index contributed by atoms with van der Waals surface area (Å²) < 4.78 is 15.1. The van der Waals surface area contributed by atoms with Gasteiger partial charge in [0.05, 0.1) is 0 Å². The van der Waals surface area contributed by atoms with Crippen LogP contribution in [-0.2, 0) is 23.8 Å². The summed E-state index contributed by atoms with van der Waals surface area (Å²) in [6, 6.07) is 0.267. The van der Waals surface area contributed by atoms with E-state index in [0.717, 1.165) is 32.2 Å². The third-order valence-corrected chi connectivity index (χ3v) is 3.60. The number of likely N-dealkylation sites (tertiary alicyclic amines) is 1. The Morgan fingerprint density at radius 1 is 1.40 bits per heavy atom. The summed E-state index contributed by atoms with van der Waals surface area (Å²) >= 11 is 0. The van der Waals surface area contributed by atoms with Gasteiger partial charge >= 0.3 is 5.97 Å². The van der Waals surface area contributed by atoms with Gasteiger partial charge in [-0.05, 0) is 25.7 Å². The number of ether oxygens (including phenoxy) is 3. The monoisotopic (exact) mass is 283 g/mol. The fourth-order valence-corrected chi connectivity index (χ4v) is 2.51. The molecule has 1 fully saturated rings. The Morgan fingerprint density at radius 2 is 2.25 bits per heavy atom. The van der Waals surface area contributed by atoms with Gasteiger partial charge in [0, 0.05) is 12.6 Å². The van der Waals surface area contributed by atoms with E-state index in [1.165, 1.54) is 6.26 Å². The minimum absolute atomic E-state index is 0.0229. The van der Waals surface area contributed by atoms with E-state index in [2.05, 4.69) is 6.92 Å². The summed E-state index contributed by atoms with van der Waals surface area (Å²) in [7, 11) is 0. The number of amides is 1. The van der Waals surface area contributed by atoms with Crippen molar-refractivity contribution in [1.29, 1.82) is 0 Å². The van der Waals surface area contributed by atoms with Gasteiger partial charge in [0.2, 0.25) is 5.76 Å². The molecule has 6 heteroatoms. The van der Waals surface area contributed by atoms with E-state index in [4.69, 9.17) is 14.2 Å². The quantitative estimate of drug-likeness (QED) is 0.726. The van der Waals surface area contributed by atoms with Crippen molar-refractivity contribution in [2.45, 2.75) is 38.6 Å². The molecular formula is C14H21NO5. The van der Waals surface area contributed by atoms with Crippen molar-refractivity contribution in [1.82, 2.24) is 4.90 Å². The van der Waals surface area contributed by atoms with Crippen LogP contribution in [0.4, 0.5) is 0 Å². The lowest BCUT2D eigenvalue weighted by Crippen LogP contribution is -2.45. The normalized spacial score (nSPS) is 22.4. The lowest BCUT2D eigenvalue weighted by Gasteiger charge is -2.35. The molecule has 1 amide bonds. The largest absolute Gasteiger partial charge is 0.493 e. The Kier molecular flexibility index (Phi) is 5.26. The molecular weight excluding hydrogens is 262 g/mol. The first-order valence-electron chi connectivity index (χ1n) is 7.13. The van der Waals surface area contributed by atoms with E-state index in [9.17, 15) is 9.59 Å². The number of carbonyl (C=O) groups excluding carboxylic acids is 2. The zero-order valence-electron chi connectivity index (χ0n) is 11.8. The Morgan fingerprint density at radius 3 is 2.95 bits per heavy atom. The van der Waals surface area contributed by atoms with Crippen molar-refractivity contribution >= 4 is 11.9 Å². The molecule has 0 aliphatic carbocycles. The van der Waals surface area contributed by atoms with Gasteiger partial charge in [0.25, 0.3) is 5.91 Å². The molecule has 2 aliphatic rings. The van der Waals surface area contributed by atoms with E-state index >= 15 is 0 Å².